The fraction of sp³-hybridized carbons (Fsp3) is 0.889. The van der Waals surface area contributed by atoms with E-state index in [2.05, 4.69) is 31.3 Å². The summed E-state index contributed by atoms with van der Waals surface area (Å²) in [5.41, 5.74) is 0. The first-order valence-electron chi connectivity index (χ1n) is 23.6. The van der Waals surface area contributed by atoms with Crippen LogP contribution >= 0.6 is 0 Å². The zero-order valence-electron chi connectivity index (χ0n) is 37.8. The Hall–Kier alpha value is -1.73. The molecule has 3 aliphatic heterocycles. The summed E-state index contributed by atoms with van der Waals surface area (Å²) in [5, 5.41) is 119. The number of hydrogen-bond acceptors (Lipinski definition) is 18. The number of amides is 1. The van der Waals surface area contributed by atoms with E-state index in [1.165, 1.54) is 38.5 Å². The molecule has 3 saturated heterocycles. The van der Waals surface area contributed by atoms with E-state index < -0.39 is 124 Å². The molecular weight excluding hydrogens is 842 g/mol. The SMILES string of the molecule is CCCCCCCCC/C=C/CC/C=C/C(O)C(COC1OC(CO)C(OC2OC(CO)C(OC3OC(CO)C(O)C(O)C3O)C(O)C2O)C(O)C1O)NC(=O)CCCCCCCC. The second-order valence-electron chi connectivity index (χ2n) is 17.2. The molecule has 0 aromatic heterocycles. The number of nitrogens with one attached hydrogen (secondary N) is 1. The van der Waals surface area contributed by atoms with E-state index in [1.807, 2.05) is 6.08 Å². The van der Waals surface area contributed by atoms with Crippen molar-refractivity contribution in [3.8, 4) is 0 Å². The van der Waals surface area contributed by atoms with Crippen LogP contribution in [-0.2, 0) is 33.2 Å². The molecule has 0 radical (unpaired) electrons. The van der Waals surface area contributed by atoms with Gasteiger partial charge in [-0.1, -0.05) is 109 Å². The highest BCUT2D eigenvalue weighted by Gasteiger charge is 2.53. The van der Waals surface area contributed by atoms with Gasteiger partial charge in [-0.3, -0.25) is 4.79 Å². The van der Waals surface area contributed by atoms with Gasteiger partial charge >= 0.3 is 0 Å². The second kappa shape index (κ2) is 31.3. The first-order valence-corrected chi connectivity index (χ1v) is 23.6. The van der Waals surface area contributed by atoms with E-state index in [9.17, 15) is 61.0 Å². The van der Waals surface area contributed by atoms with Crippen LogP contribution in [0, 0.1) is 0 Å². The molecule has 374 valence electrons. The Bertz CT molecular complexity index is 1290. The minimum Gasteiger partial charge on any atom is -0.394 e. The lowest BCUT2D eigenvalue weighted by Gasteiger charge is -2.48. The molecule has 1 amide bonds. The summed E-state index contributed by atoms with van der Waals surface area (Å²) in [6.45, 7) is 1.55. The molecule has 17 atom stereocenters. The third-order valence-electron chi connectivity index (χ3n) is 12.0. The quantitative estimate of drug-likeness (QED) is 0.0324. The van der Waals surface area contributed by atoms with Gasteiger partial charge in [-0.2, -0.15) is 0 Å². The maximum Gasteiger partial charge on any atom is 0.220 e. The van der Waals surface area contributed by atoms with Crippen LogP contribution in [0.15, 0.2) is 24.3 Å². The molecule has 64 heavy (non-hydrogen) atoms. The third kappa shape index (κ3) is 18.1. The molecule has 19 nitrogen and oxygen atoms in total. The van der Waals surface area contributed by atoms with Gasteiger partial charge in [-0.25, -0.2) is 0 Å². The van der Waals surface area contributed by atoms with E-state index in [0.717, 1.165) is 51.4 Å². The second-order valence-corrected chi connectivity index (χ2v) is 17.2. The van der Waals surface area contributed by atoms with Crippen LogP contribution in [0.1, 0.15) is 123 Å². The average molecular weight is 924 g/mol. The van der Waals surface area contributed by atoms with Gasteiger partial charge in [0.2, 0.25) is 5.91 Å². The summed E-state index contributed by atoms with van der Waals surface area (Å²) >= 11 is 0. The van der Waals surface area contributed by atoms with E-state index in [0.29, 0.717) is 12.8 Å². The summed E-state index contributed by atoms with van der Waals surface area (Å²) in [4.78, 5) is 13.0. The molecule has 0 spiro atoms. The fourth-order valence-corrected chi connectivity index (χ4v) is 7.97. The highest BCUT2D eigenvalue weighted by Crippen LogP contribution is 2.33. The Labute approximate surface area is 378 Å². The number of ether oxygens (including phenoxy) is 6. The Morgan fingerprint density at radius 2 is 1.00 bits per heavy atom. The summed E-state index contributed by atoms with van der Waals surface area (Å²) < 4.78 is 33.9. The van der Waals surface area contributed by atoms with Crippen LogP contribution in [0.2, 0.25) is 0 Å². The molecule has 0 saturated carbocycles. The number of rotatable bonds is 31. The number of unbranched alkanes of at least 4 members (excludes halogenated alkanes) is 13. The topological polar surface area (TPSA) is 307 Å². The van der Waals surface area contributed by atoms with Crippen molar-refractivity contribution in [1.82, 2.24) is 5.32 Å². The van der Waals surface area contributed by atoms with Gasteiger partial charge < -0.3 is 89.9 Å². The van der Waals surface area contributed by atoms with E-state index >= 15 is 0 Å². The van der Waals surface area contributed by atoms with Crippen molar-refractivity contribution in [3.05, 3.63) is 24.3 Å². The molecule has 3 rings (SSSR count). The van der Waals surface area contributed by atoms with Gasteiger partial charge in [0, 0.05) is 6.42 Å². The molecule has 3 heterocycles. The summed E-state index contributed by atoms with van der Waals surface area (Å²) in [5.74, 6) is -0.299. The largest absolute Gasteiger partial charge is 0.394 e. The van der Waals surface area contributed by atoms with Crippen molar-refractivity contribution < 1.29 is 89.4 Å². The number of hydrogen-bond donors (Lipinski definition) is 12. The first kappa shape index (κ1) is 56.6. The number of allylic oxidation sites excluding steroid dienone is 3. The van der Waals surface area contributed by atoms with Crippen LogP contribution < -0.4 is 5.32 Å². The Morgan fingerprint density at radius 3 is 1.56 bits per heavy atom. The van der Waals surface area contributed by atoms with Crippen LogP contribution in [0.4, 0.5) is 0 Å². The molecule has 19 heteroatoms. The highest BCUT2D eigenvalue weighted by molar-refractivity contribution is 5.76. The fourth-order valence-electron chi connectivity index (χ4n) is 7.97. The number of aliphatic hydroxyl groups excluding tert-OH is 11. The highest BCUT2D eigenvalue weighted by atomic mass is 16.8. The summed E-state index contributed by atoms with van der Waals surface area (Å²) in [6, 6.07) is -0.980. The Balaban J connectivity index is 1.60. The van der Waals surface area contributed by atoms with Gasteiger partial charge in [0.25, 0.3) is 0 Å². The number of carbonyl (C=O) groups excluding carboxylic acids is 1. The van der Waals surface area contributed by atoms with Crippen LogP contribution in [0.5, 0.6) is 0 Å². The average Bonchev–Trinajstić information content (AvgIpc) is 3.29. The minimum atomic E-state index is -1.98. The lowest BCUT2D eigenvalue weighted by molar-refractivity contribution is -0.379. The lowest BCUT2D eigenvalue weighted by Crippen LogP contribution is -2.66. The monoisotopic (exact) mass is 924 g/mol. The molecular formula is C45H81NO18. The van der Waals surface area contributed by atoms with Crippen molar-refractivity contribution in [1.29, 1.82) is 0 Å². The Morgan fingerprint density at radius 1 is 0.547 bits per heavy atom. The van der Waals surface area contributed by atoms with E-state index in [4.69, 9.17) is 28.4 Å². The van der Waals surface area contributed by atoms with Gasteiger partial charge in [0.05, 0.1) is 38.6 Å². The van der Waals surface area contributed by atoms with Crippen molar-refractivity contribution in [2.75, 3.05) is 26.4 Å². The molecule has 3 fully saturated rings. The summed E-state index contributed by atoms with van der Waals surface area (Å²) in [6.07, 6.45) is -1.84. The van der Waals surface area contributed by atoms with Gasteiger partial charge in [0.1, 0.15) is 73.2 Å². The number of carbonyl (C=O) groups is 1. The molecule has 0 bridgehead atoms. The molecule has 3 aliphatic rings. The van der Waals surface area contributed by atoms with E-state index in [1.54, 1.807) is 6.08 Å². The number of aliphatic hydroxyl groups is 11. The van der Waals surface area contributed by atoms with Crippen LogP contribution in [-0.4, -0.2) is 193 Å². The lowest BCUT2D eigenvalue weighted by atomic mass is 9.96. The van der Waals surface area contributed by atoms with Crippen LogP contribution in [0.25, 0.3) is 0 Å². The van der Waals surface area contributed by atoms with Crippen LogP contribution in [0.3, 0.4) is 0 Å². The molecule has 0 aromatic rings. The first-order chi connectivity index (χ1) is 30.8. The third-order valence-corrected chi connectivity index (χ3v) is 12.0. The molecule has 12 N–H and O–H groups in total. The predicted molar refractivity (Wildman–Crippen MR) is 231 cm³/mol. The Kier molecular flexibility index (Phi) is 27.7. The molecule has 17 unspecified atom stereocenters. The molecule has 0 aliphatic carbocycles. The van der Waals surface area contributed by atoms with Crippen molar-refractivity contribution >= 4 is 5.91 Å². The maximum absolute atomic E-state index is 13.0. The normalized spacial score (nSPS) is 34.7. The van der Waals surface area contributed by atoms with Crippen molar-refractivity contribution in [3.63, 3.8) is 0 Å². The van der Waals surface area contributed by atoms with Gasteiger partial charge in [-0.05, 0) is 32.1 Å². The molecule has 0 aromatic carbocycles. The minimum absolute atomic E-state index is 0.233. The predicted octanol–water partition coefficient (Wildman–Crippen LogP) is 0.0809. The van der Waals surface area contributed by atoms with Gasteiger partial charge in [0.15, 0.2) is 18.9 Å². The zero-order valence-corrected chi connectivity index (χ0v) is 37.8. The summed E-state index contributed by atoms with van der Waals surface area (Å²) in [7, 11) is 0. The smallest absolute Gasteiger partial charge is 0.220 e. The van der Waals surface area contributed by atoms with E-state index in [-0.39, 0.29) is 18.9 Å². The standard InChI is InChI=1S/C45H81NO18/c1-3-5-7-9-11-12-13-14-15-16-17-18-20-22-29(50)28(46-33(51)23-21-19-10-8-6-4-2)27-59-43-39(57)36(54)41(31(25-48)61-43)64-45-40(58)37(55)42(32(26-49)62-45)63-44-38(56)35(53)34(52)30(24-47)60-44/h15-16,20,22,28-32,34-45,47-50,52-58H,3-14,17-19,21,23-27H2,1-2H3,(H,46,51)/b16-15+,22-20+. The van der Waals surface area contributed by atoms with Crippen molar-refractivity contribution in [2.24, 2.45) is 0 Å². The van der Waals surface area contributed by atoms with Gasteiger partial charge in [-0.15, -0.1) is 0 Å². The van der Waals surface area contributed by atoms with Crippen molar-refractivity contribution in [2.45, 2.75) is 227 Å². The zero-order chi connectivity index (χ0) is 47.0. The maximum atomic E-state index is 13.0.